The number of benzene rings is 1. The van der Waals surface area contributed by atoms with Crippen LogP contribution in [0.2, 0.25) is 0 Å². The van der Waals surface area contributed by atoms with Crippen molar-refractivity contribution in [1.82, 2.24) is 16.0 Å². The minimum absolute atomic E-state index is 0.0106. The normalized spacial score (nSPS) is 12.6. The fourth-order valence-corrected chi connectivity index (χ4v) is 3.34. The fourth-order valence-electron chi connectivity index (χ4n) is 2.46. The molecule has 0 aliphatic heterocycles. The molecule has 0 bridgehead atoms. The van der Waals surface area contributed by atoms with E-state index in [1.165, 1.54) is 18.7 Å². The second kappa shape index (κ2) is 14.1. The average Bonchev–Trinajstić information content (AvgIpc) is 2.72. The van der Waals surface area contributed by atoms with E-state index in [0.29, 0.717) is 0 Å². The molecule has 0 aliphatic carbocycles. The fraction of sp³-hybridized carbons (Fsp3) is 0.500. The van der Waals surface area contributed by atoms with Gasteiger partial charge in [-0.05, 0) is 26.3 Å². The Bertz CT molecular complexity index is 859. The molecule has 12 heteroatoms. The maximum absolute atomic E-state index is 12.8. The number of alkyl carbamates (subject to hydrolysis) is 1. The van der Waals surface area contributed by atoms with E-state index in [1.807, 2.05) is 6.07 Å². The third kappa shape index (κ3) is 12.7. The molecule has 0 aromatic heterocycles. The Kier molecular flexibility index (Phi) is 11.9. The average molecular weight is 497 g/mol. The number of primary amides is 1. The lowest BCUT2D eigenvalue weighted by Crippen LogP contribution is -2.54. The number of carbonyl (C=O) groups is 5. The highest BCUT2D eigenvalue weighted by atomic mass is 32.2. The molecule has 188 valence electrons. The number of nitrogens with one attached hydrogen (secondary N) is 3. The number of hydrogen-bond acceptors (Lipinski definition) is 8. The Labute approximate surface area is 202 Å². The molecule has 0 saturated heterocycles. The number of ether oxygens (including phenoxy) is 2. The largest absolute Gasteiger partial charge is 0.459 e. The molecule has 34 heavy (non-hydrogen) atoms. The molecular formula is C22H32N4O7S. The second-order valence-electron chi connectivity index (χ2n) is 8.27. The second-order valence-corrected chi connectivity index (χ2v) is 9.30. The van der Waals surface area contributed by atoms with Crippen LogP contribution in [-0.4, -0.2) is 59.1 Å². The van der Waals surface area contributed by atoms with Crippen LogP contribution < -0.4 is 21.7 Å². The van der Waals surface area contributed by atoms with Gasteiger partial charge in [-0.1, -0.05) is 30.3 Å². The van der Waals surface area contributed by atoms with Crippen LogP contribution in [0, 0.1) is 0 Å². The molecule has 0 fully saturated rings. The molecule has 1 aromatic rings. The van der Waals surface area contributed by atoms with Crippen molar-refractivity contribution in [3.05, 3.63) is 35.9 Å². The minimum Gasteiger partial charge on any atom is -0.459 e. The van der Waals surface area contributed by atoms with Gasteiger partial charge in [0.25, 0.3) is 0 Å². The van der Waals surface area contributed by atoms with Crippen molar-refractivity contribution in [2.45, 2.75) is 58.4 Å². The van der Waals surface area contributed by atoms with Crippen molar-refractivity contribution in [3.63, 3.8) is 0 Å². The lowest BCUT2D eigenvalue weighted by Gasteiger charge is -2.24. The lowest BCUT2D eigenvalue weighted by atomic mass is 10.1. The molecule has 2 atom stereocenters. The van der Waals surface area contributed by atoms with Gasteiger partial charge in [-0.3, -0.25) is 14.4 Å². The van der Waals surface area contributed by atoms with Crippen LogP contribution in [0.15, 0.2) is 30.3 Å². The standard InChI is InChI=1S/C22H32N4O7S/c1-14(27)24-13-34-12-17(20(30)32-11-15-8-6-5-7-9-15)25-19(29)16(10-18(23)28)26-21(31)33-22(2,3)4/h5-9,16-17H,10-13H2,1-4H3,(H2,23,28)(H,24,27)(H,25,29)(H,26,31)/t16-,17-/m0/s1. The van der Waals surface area contributed by atoms with Crippen LogP contribution in [0.5, 0.6) is 0 Å². The van der Waals surface area contributed by atoms with Gasteiger partial charge in [0, 0.05) is 12.7 Å². The van der Waals surface area contributed by atoms with E-state index in [9.17, 15) is 24.0 Å². The summed E-state index contributed by atoms with van der Waals surface area (Å²) in [7, 11) is 0. The van der Waals surface area contributed by atoms with Gasteiger partial charge >= 0.3 is 12.1 Å². The number of thioether (sulfide) groups is 1. The van der Waals surface area contributed by atoms with Crippen LogP contribution in [0.3, 0.4) is 0 Å². The Morgan fingerprint density at radius 2 is 1.68 bits per heavy atom. The first-order valence-electron chi connectivity index (χ1n) is 10.5. The molecule has 0 spiro atoms. The van der Waals surface area contributed by atoms with Crippen LogP contribution in [0.1, 0.15) is 39.7 Å². The highest BCUT2D eigenvalue weighted by molar-refractivity contribution is 7.99. The van der Waals surface area contributed by atoms with E-state index in [2.05, 4.69) is 16.0 Å². The molecule has 0 radical (unpaired) electrons. The third-order valence-corrected chi connectivity index (χ3v) is 4.86. The van der Waals surface area contributed by atoms with E-state index in [4.69, 9.17) is 15.2 Å². The van der Waals surface area contributed by atoms with Gasteiger partial charge in [0.2, 0.25) is 17.7 Å². The van der Waals surface area contributed by atoms with Gasteiger partial charge in [-0.25, -0.2) is 9.59 Å². The summed E-state index contributed by atoms with van der Waals surface area (Å²) in [5.41, 5.74) is 5.14. The van der Waals surface area contributed by atoms with E-state index in [0.717, 1.165) is 5.56 Å². The van der Waals surface area contributed by atoms with E-state index in [1.54, 1.807) is 45.0 Å². The lowest BCUT2D eigenvalue weighted by molar-refractivity contribution is -0.148. The number of rotatable bonds is 12. The third-order valence-electron chi connectivity index (χ3n) is 3.95. The van der Waals surface area contributed by atoms with Crippen molar-refractivity contribution in [2.24, 2.45) is 5.73 Å². The van der Waals surface area contributed by atoms with E-state index in [-0.39, 0.29) is 24.1 Å². The molecule has 1 aromatic carbocycles. The Balaban J connectivity index is 2.88. The predicted molar refractivity (Wildman–Crippen MR) is 126 cm³/mol. The first-order chi connectivity index (χ1) is 15.9. The molecule has 5 N–H and O–H groups in total. The van der Waals surface area contributed by atoms with Gasteiger partial charge in [0.15, 0.2) is 0 Å². The van der Waals surface area contributed by atoms with Crippen molar-refractivity contribution in [2.75, 3.05) is 11.6 Å². The van der Waals surface area contributed by atoms with Gasteiger partial charge in [0.1, 0.15) is 24.3 Å². The number of amides is 4. The first-order valence-corrected chi connectivity index (χ1v) is 11.6. The highest BCUT2D eigenvalue weighted by Crippen LogP contribution is 2.09. The number of carbonyl (C=O) groups excluding carboxylic acids is 5. The molecule has 0 saturated carbocycles. The van der Waals surface area contributed by atoms with E-state index >= 15 is 0 Å². The van der Waals surface area contributed by atoms with Crippen LogP contribution in [-0.2, 0) is 35.3 Å². The molecule has 11 nitrogen and oxygen atoms in total. The summed E-state index contributed by atoms with van der Waals surface area (Å²) in [6.45, 7) is 6.26. The molecular weight excluding hydrogens is 464 g/mol. The van der Waals surface area contributed by atoms with Crippen LogP contribution >= 0.6 is 11.8 Å². The zero-order valence-corrected chi connectivity index (χ0v) is 20.5. The summed E-state index contributed by atoms with van der Waals surface area (Å²) in [4.78, 5) is 60.2. The van der Waals surface area contributed by atoms with Gasteiger partial charge in [-0.2, -0.15) is 0 Å². The Morgan fingerprint density at radius 3 is 2.24 bits per heavy atom. The summed E-state index contributed by atoms with van der Waals surface area (Å²) in [6, 6.07) is 6.48. The van der Waals surface area contributed by atoms with Gasteiger partial charge in [-0.15, -0.1) is 11.8 Å². The maximum Gasteiger partial charge on any atom is 0.408 e. The zero-order valence-electron chi connectivity index (χ0n) is 19.7. The summed E-state index contributed by atoms with van der Waals surface area (Å²) >= 11 is 1.18. The van der Waals surface area contributed by atoms with Crippen molar-refractivity contribution in [3.8, 4) is 0 Å². The highest BCUT2D eigenvalue weighted by Gasteiger charge is 2.30. The SMILES string of the molecule is CC(=O)NCSC[C@H](NC(=O)[C@H](CC(N)=O)NC(=O)OC(C)(C)C)C(=O)OCc1ccccc1. The van der Waals surface area contributed by atoms with Gasteiger partial charge in [0.05, 0.1) is 12.3 Å². The minimum atomic E-state index is -1.36. The topological polar surface area (TPSA) is 166 Å². The summed E-state index contributed by atoms with van der Waals surface area (Å²) in [6.07, 6.45) is -1.42. The molecule has 0 heterocycles. The Morgan fingerprint density at radius 1 is 1.03 bits per heavy atom. The van der Waals surface area contributed by atoms with Crippen LogP contribution in [0.25, 0.3) is 0 Å². The number of esters is 1. The first kappa shape index (κ1) is 28.8. The smallest absolute Gasteiger partial charge is 0.408 e. The summed E-state index contributed by atoms with van der Waals surface area (Å²) in [5, 5.41) is 7.36. The summed E-state index contributed by atoms with van der Waals surface area (Å²) in [5.74, 6) is -2.35. The number of nitrogens with two attached hydrogens (primary N) is 1. The van der Waals surface area contributed by atoms with Gasteiger partial charge < -0.3 is 31.2 Å². The van der Waals surface area contributed by atoms with Crippen molar-refractivity contribution in [1.29, 1.82) is 0 Å². The Hall–Kier alpha value is -3.28. The zero-order chi connectivity index (χ0) is 25.7. The monoisotopic (exact) mass is 496 g/mol. The van der Waals surface area contributed by atoms with E-state index < -0.39 is 48.0 Å². The maximum atomic E-state index is 12.8. The molecule has 0 unspecified atom stereocenters. The summed E-state index contributed by atoms with van der Waals surface area (Å²) < 4.78 is 10.4. The predicted octanol–water partition coefficient (Wildman–Crippen LogP) is 0.810. The van der Waals surface area contributed by atoms with Crippen molar-refractivity contribution >= 4 is 41.5 Å². The van der Waals surface area contributed by atoms with Crippen molar-refractivity contribution < 1.29 is 33.4 Å². The molecule has 4 amide bonds. The molecule has 0 aliphatic rings. The van der Waals surface area contributed by atoms with Crippen LogP contribution in [0.4, 0.5) is 4.79 Å². The molecule has 1 rings (SSSR count). The number of hydrogen-bond donors (Lipinski definition) is 4. The quantitative estimate of drug-likeness (QED) is 0.187.